The second-order valence-corrected chi connectivity index (χ2v) is 27.1. The molecule has 0 spiro atoms. The van der Waals surface area contributed by atoms with Crippen molar-refractivity contribution < 1.29 is 45.8 Å². The molecule has 3 heteroatoms. The molecule has 5 aliphatic carbocycles. The second-order valence-electron chi connectivity index (χ2n) is 15.0. The van der Waals surface area contributed by atoms with Crippen LogP contribution in [0, 0.1) is 27.6 Å². The van der Waals surface area contributed by atoms with Gasteiger partial charge in [0.1, 0.15) is 0 Å². The zero-order valence-corrected chi connectivity index (χ0v) is 31.5. The Bertz CT molecular complexity index is 1440. The number of hydrogen-bond acceptors (Lipinski definition) is 0. The van der Waals surface area contributed by atoms with Crippen LogP contribution in [0.1, 0.15) is 99.6 Å². The smallest absolute Gasteiger partial charge is 1.00 e. The van der Waals surface area contributed by atoms with Crippen LogP contribution < -0.4 is 24.8 Å². The average Bonchev–Trinajstić information content (AvgIpc) is 3.51. The van der Waals surface area contributed by atoms with E-state index < -0.39 is 21.0 Å². The molecule has 0 aliphatic heterocycles. The molecule has 0 radical (unpaired) electrons. The molecular formula is C37H48Cl2Hf. The van der Waals surface area contributed by atoms with Gasteiger partial charge in [-0.25, -0.2) is 0 Å². The standard InChI is InChI=1S/C29H37.C5H5.C3H6.2ClH.Hf/c1-18-25-22-17-19-13-9-10-14-20(19)24(22)21-15-11-12-16-23(21)29(25,8)28(6,7)27(4,5)26(18,2)3;1-2-4-5-3-1;1-3-2;;;/h9-11,13-15,23H,12,16-17H2,1-8H3;1-3H,4H2;1-2H3;2*1H;/q;;;;;+2/p-2. The van der Waals surface area contributed by atoms with Gasteiger partial charge in [-0.3, -0.25) is 0 Å². The van der Waals surface area contributed by atoms with Gasteiger partial charge in [0.15, 0.2) is 0 Å². The van der Waals surface area contributed by atoms with Gasteiger partial charge < -0.3 is 24.8 Å². The maximum absolute atomic E-state index is 2.79. The molecule has 0 heterocycles. The molecular weight excluding hydrogens is 694 g/mol. The Balaban J connectivity index is 0.00000185. The van der Waals surface area contributed by atoms with Crippen LogP contribution in [-0.2, 0) is 27.4 Å². The molecule has 3 atom stereocenters. The maximum Gasteiger partial charge on any atom is -1.00 e. The van der Waals surface area contributed by atoms with E-state index in [1.54, 1.807) is 25.5 Å². The van der Waals surface area contributed by atoms with E-state index in [0.29, 0.717) is 5.92 Å². The van der Waals surface area contributed by atoms with Crippen molar-refractivity contribution in [2.45, 2.75) is 98.1 Å². The maximum atomic E-state index is 2.79. The monoisotopic (exact) mass is 742 g/mol. The third-order valence-corrected chi connectivity index (χ3v) is 27.3. The number of hydrogen-bond donors (Lipinski definition) is 0. The number of fused-ring (bicyclic) bond motifs is 6. The largest absolute Gasteiger partial charge is 1.00 e. The first-order valence-corrected chi connectivity index (χ1v) is 20.4. The fourth-order valence-electron chi connectivity index (χ4n) is 10.1. The molecule has 6 rings (SSSR count). The zero-order chi connectivity index (χ0) is 27.5. The second kappa shape index (κ2) is 10.2. The van der Waals surface area contributed by atoms with Gasteiger partial charge in [0.05, 0.1) is 0 Å². The van der Waals surface area contributed by atoms with Crippen LogP contribution in [0.2, 0.25) is 3.17 Å². The number of benzene rings is 1. The summed E-state index contributed by atoms with van der Waals surface area (Å²) in [6.45, 7) is 26.5. The number of rotatable bonds is 2. The molecule has 0 aromatic heterocycles. The van der Waals surface area contributed by atoms with Crippen molar-refractivity contribution in [3.05, 3.63) is 85.8 Å². The van der Waals surface area contributed by atoms with Crippen molar-refractivity contribution in [2.24, 2.45) is 27.6 Å². The summed E-state index contributed by atoms with van der Waals surface area (Å²) in [7, 11) is 0. The van der Waals surface area contributed by atoms with E-state index in [1.807, 2.05) is 8.90 Å². The quantitative estimate of drug-likeness (QED) is 0.399. The van der Waals surface area contributed by atoms with Crippen LogP contribution >= 0.6 is 0 Å². The van der Waals surface area contributed by atoms with E-state index in [0.717, 1.165) is 6.42 Å². The minimum Gasteiger partial charge on any atom is -1.00 e. The minimum atomic E-state index is -2.59. The summed E-state index contributed by atoms with van der Waals surface area (Å²) in [6, 6.07) is 9.37. The Morgan fingerprint density at radius 3 is 2.15 bits per heavy atom. The van der Waals surface area contributed by atoms with E-state index in [9.17, 15) is 0 Å². The molecule has 0 saturated heterocycles. The third-order valence-electron chi connectivity index (χ3n) is 13.3. The molecule has 0 bridgehead atoms. The topological polar surface area (TPSA) is 0 Å². The van der Waals surface area contributed by atoms with Crippen LogP contribution in [0.4, 0.5) is 0 Å². The van der Waals surface area contributed by atoms with Crippen LogP contribution in [0.15, 0.2) is 74.7 Å². The SMILES string of the molecule is C[C](C)=[Hf+2]([C]1=CC=CC1)[C]1(C)C2=C3Cc4ccccc4C3=C3C=CCCC3C2(C)C(C)(C)C(C)(C)C1(C)C.[Cl-].[Cl-]. The first kappa shape index (κ1) is 32.2. The van der Waals surface area contributed by atoms with Gasteiger partial charge in [-0.15, -0.1) is 0 Å². The van der Waals surface area contributed by atoms with E-state index in [-0.39, 0.29) is 49.6 Å². The van der Waals surface area contributed by atoms with Gasteiger partial charge in [0, 0.05) is 0 Å². The fraction of sp³-hybridized carbons (Fsp3) is 0.541. The van der Waals surface area contributed by atoms with Crippen molar-refractivity contribution in [2.75, 3.05) is 0 Å². The zero-order valence-electron chi connectivity index (χ0n) is 26.4. The Morgan fingerprint density at radius 2 is 1.52 bits per heavy atom. The predicted molar refractivity (Wildman–Crippen MR) is 162 cm³/mol. The summed E-state index contributed by atoms with van der Waals surface area (Å²) in [5, 5.41) is 0. The number of halogens is 2. The summed E-state index contributed by atoms with van der Waals surface area (Å²) >= 11 is -2.59. The Morgan fingerprint density at radius 1 is 0.850 bits per heavy atom. The van der Waals surface area contributed by atoms with Crippen LogP contribution in [0.3, 0.4) is 0 Å². The van der Waals surface area contributed by atoms with Crippen molar-refractivity contribution in [1.82, 2.24) is 0 Å². The summed E-state index contributed by atoms with van der Waals surface area (Å²) in [5.74, 6) is 0.581. The molecule has 0 amide bonds. The summed E-state index contributed by atoms with van der Waals surface area (Å²) in [6.07, 6.45) is 17.1. The summed E-state index contributed by atoms with van der Waals surface area (Å²) in [4.78, 5) is 0. The molecule has 0 nitrogen and oxygen atoms in total. The molecule has 40 heavy (non-hydrogen) atoms. The molecule has 214 valence electrons. The molecule has 5 aliphatic rings. The average molecular weight is 742 g/mol. The van der Waals surface area contributed by atoms with E-state index in [1.165, 1.54) is 24.8 Å². The van der Waals surface area contributed by atoms with Gasteiger partial charge in [-0.2, -0.15) is 0 Å². The minimum absolute atomic E-state index is 0. The molecule has 1 aromatic rings. The van der Waals surface area contributed by atoms with E-state index >= 15 is 0 Å². The number of allylic oxidation sites excluding steroid dienone is 10. The fourth-order valence-corrected chi connectivity index (χ4v) is 26.2. The normalized spacial score (nSPS) is 31.5. The van der Waals surface area contributed by atoms with Gasteiger partial charge in [-0.05, 0) is 0 Å². The van der Waals surface area contributed by atoms with Crippen molar-refractivity contribution in [3.63, 3.8) is 0 Å². The molecule has 1 aromatic carbocycles. The first-order chi connectivity index (χ1) is 17.7. The predicted octanol–water partition coefficient (Wildman–Crippen LogP) is 4.23. The van der Waals surface area contributed by atoms with Crippen molar-refractivity contribution in [1.29, 1.82) is 0 Å². The summed E-state index contributed by atoms with van der Waals surface area (Å²) in [5.41, 5.74) is 10.6. The van der Waals surface area contributed by atoms with Gasteiger partial charge in [-0.1, -0.05) is 0 Å². The molecule has 0 N–H and O–H groups in total. The van der Waals surface area contributed by atoms with Crippen molar-refractivity contribution >= 4 is 8.83 Å². The van der Waals surface area contributed by atoms with Crippen LogP contribution in [-0.4, -0.2) is 3.26 Å². The van der Waals surface area contributed by atoms with Gasteiger partial charge >= 0.3 is 241 Å². The molecule has 3 unspecified atom stereocenters. The van der Waals surface area contributed by atoms with Gasteiger partial charge in [0.25, 0.3) is 0 Å². The Hall–Kier alpha value is -0.760. The van der Waals surface area contributed by atoms with E-state index in [2.05, 4.69) is 124 Å². The van der Waals surface area contributed by atoms with Gasteiger partial charge in [0.2, 0.25) is 0 Å². The first-order valence-electron chi connectivity index (χ1n) is 15.0. The summed E-state index contributed by atoms with van der Waals surface area (Å²) < 4.78 is 3.81. The van der Waals surface area contributed by atoms with E-state index in [4.69, 9.17) is 0 Å². The molecule has 1 saturated carbocycles. The third kappa shape index (κ3) is 3.62. The molecule has 1 fully saturated rings. The Kier molecular flexibility index (Phi) is 8.17. The van der Waals surface area contributed by atoms with Crippen molar-refractivity contribution in [3.8, 4) is 0 Å². The van der Waals surface area contributed by atoms with Crippen LogP contribution in [0.25, 0.3) is 5.57 Å². The van der Waals surface area contributed by atoms with Crippen LogP contribution in [0.5, 0.6) is 0 Å². The Labute approximate surface area is 264 Å².